The third-order valence-electron chi connectivity index (χ3n) is 4.31. The van der Waals surface area contributed by atoms with E-state index in [1.165, 1.54) is 24.0 Å². The Morgan fingerprint density at radius 3 is 3.05 bits per heavy atom. The van der Waals surface area contributed by atoms with Crippen LogP contribution in [0.1, 0.15) is 30.4 Å². The minimum atomic E-state index is 0.290. The van der Waals surface area contributed by atoms with Gasteiger partial charge in [-0.1, -0.05) is 17.7 Å². The normalized spacial score (nSPS) is 29.3. The van der Waals surface area contributed by atoms with E-state index in [4.69, 9.17) is 9.47 Å². The number of ether oxygens (including phenoxy) is 2. The van der Waals surface area contributed by atoms with E-state index in [1.807, 2.05) is 7.11 Å². The zero-order valence-electron chi connectivity index (χ0n) is 11.8. The molecule has 0 amide bonds. The monoisotopic (exact) mass is 261 g/mol. The molecule has 2 aliphatic rings. The topological polar surface area (TPSA) is 30.5 Å². The zero-order chi connectivity index (χ0) is 13.2. The van der Waals surface area contributed by atoms with Crippen LogP contribution < -0.4 is 10.1 Å². The van der Waals surface area contributed by atoms with Gasteiger partial charge in [0.25, 0.3) is 0 Å². The van der Waals surface area contributed by atoms with Crippen LogP contribution in [0.5, 0.6) is 5.75 Å². The molecule has 1 heterocycles. The summed E-state index contributed by atoms with van der Waals surface area (Å²) in [5.74, 6) is 1.07. The van der Waals surface area contributed by atoms with Gasteiger partial charge < -0.3 is 14.8 Å². The van der Waals surface area contributed by atoms with Crippen LogP contribution in [0.25, 0.3) is 0 Å². The lowest BCUT2D eigenvalue weighted by Gasteiger charge is -2.16. The molecule has 3 heteroatoms. The van der Waals surface area contributed by atoms with Crippen LogP contribution in [0.4, 0.5) is 0 Å². The molecule has 0 saturated heterocycles. The van der Waals surface area contributed by atoms with E-state index >= 15 is 0 Å². The number of rotatable bonds is 4. The summed E-state index contributed by atoms with van der Waals surface area (Å²) in [6.45, 7) is 3.07. The molecule has 104 valence electrons. The predicted molar refractivity (Wildman–Crippen MR) is 75.7 cm³/mol. The number of benzene rings is 1. The van der Waals surface area contributed by atoms with E-state index < -0.39 is 0 Å². The molecule has 3 atom stereocenters. The average Bonchev–Trinajstić information content (AvgIpc) is 3.01. The second-order valence-electron chi connectivity index (χ2n) is 5.83. The van der Waals surface area contributed by atoms with Gasteiger partial charge in [-0.25, -0.2) is 0 Å². The molecule has 0 aromatic heterocycles. The fourth-order valence-corrected chi connectivity index (χ4v) is 3.20. The summed E-state index contributed by atoms with van der Waals surface area (Å²) in [6, 6.07) is 7.06. The van der Waals surface area contributed by atoms with E-state index in [1.54, 1.807) is 0 Å². The molecule has 1 aliphatic heterocycles. The van der Waals surface area contributed by atoms with Gasteiger partial charge in [-0.2, -0.15) is 0 Å². The molecule has 19 heavy (non-hydrogen) atoms. The number of hydrogen-bond donors (Lipinski definition) is 1. The molecular formula is C16H23NO2. The summed E-state index contributed by atoms with van der Waals surface area (Å²) in [7, 11) is 1.81. The van der Waals surface area contributed by atoms with Crippen LogP contribution in [-0.4, -0.2) is 31.9 Å². The second-order valence-corrected chi connectivity index (χ2v) is 5.83. The Morgan fingerprint density at radius 2 is 2.26 bits per heavy atom. The van der Waals surface area contributed by atoms with Crippen molar-refractivity contribution in [2.24, 2.45) is 0 Å². The van der Waals surface area contributed by atoms with E-state index in [-0.39, 0.29) is 0 Å². The summed E-state index contributed by atoms with van der Waals surface area (Å²) in [5.41, 5.74) is 2.67. The van der Waals surface area contributed by atoms with Crippen molar-refractivity contribution in [1.82, 2.24) is 5.32 Å². The Bertz CT molecular complexity index is 446. The fourth-order valence-electron chi connectivity index (χ4n) is 3.20. The van der Waals surface area contributed by atoms with Crippen molar-refractivity contribution in [2.45, 2.75) is 50.9 Å². The number of nitrogens with one attached hydrogen (secondary N) is 1. The van der Waals surface area contributed by atoms with E-state index in [9.17, 15) is 0 Å². The lowest BCUT2D eigenvalue weighted by molar-refractivity contribution is 0.106. The summed E-state index contributed by atoms with van der Waals surface area (Å²) < 4.78 is 11.4. The van der Waals surface area contributed by atoms with Crippen molar-refractivity contribution < 1.29 is 9.47 Å². The molecule has 3 nitrogen and oxygen atoms in total. The van der Waals surface area contributed by atoms with Crippen LogP contribution in [0.2, 0.25) is 0 Å². The number of hydrogen-bond acceptors (Lipinski definition) is 3. The molecule has 1 aromatic rings. The summed E-state index contributed by atoms with van der Waals surface area (Å²) in [4.78, 5) is 0. The molecule has 1 saturated carbocycles. The minimum absolute atomic E-state index is 0.290. The van der Waals surface area contributed by atoms with Crippen LogP contribution in [-0.2, 0) is 11.2 Å². The van der Waals surface area contributed by atoms with Gasteiger partial charge >= 0.3 is 0 Å². The van der Waals surface area contributed by atoms with E-state index in [0.717, 1.165) is 25.1 Å². The van der Waals surface area contributed by atoms with Crippen LogP contribution in [0.3, 0.4) is 0 Å². The predicted octanol–water partition coefficient (Wildman–Crippen LogP) is 2.46. The fraction of sp³-hybridized carbons (Fsp3) is 0.625. The highest BCUT2D eigenvalue weighted by Crippen LogP contribution is 2.29. The van der Waals surface area contributed by atoms with Gasteiger partial charge in [-0.05, 0) is 37.8 Å². The Hall–Kier alpha value is -1.06. The zero-order valence-corrected chi connectivity index (χ0v) is 11.8. The lowest BCUT2D eigenvalue weighted by Crippen LogP contribution is -2.36. The van der Waals surface area contributed by atoms with Crippen molar-refractivity contribution >= 4 is 0 Å². The van der Waals surface area contributed by atoms with E-state index in [2.05, 4.69) is 30.4 Å². The van der Waals surface area contributed by atoms with Gasteiger partial charge in [-0.3, -0.25) is 0 Å². The van der Waals surface area contributed by atoms with Gasteiger partial charge in [-0.15, -0.1) is 0 Å². The third-order valence-corrected chi connectivity index (χ3v) is 4.31. The van der Waals surface area contributed by atoms with Gasteiger partial charge in [0.15, 0.2) is 0 Å². The Balaban J connectivity index is 1.48. The molecule has 3 unspecified atom stereocenters. The van der Waals surface area contributed by atoms with Crippen molar-refractivity contribution in [3.8, 4) is 5.75 Å². The molecular weight excluding hydrogens is 238 g/mol. The quantitative estimate of drug-likeness (QED) is 0.903. The van der Waals surface area contributed by atoms with Gasteiger partial charge in [0.05, 0.1) is 6.10 Å². The first-order chi connectivity index (χ1) is 9.24. The van der Waals surface area contributed by atoms with Crippen LogP contribution >= 0.6 is 0 Å². The first-order valence-electron chi connectivity index (χ1n) is 7.27. The molecule has 0 spiro atoms. The Kier molecular flexibility index (Phi) is 3.76. The van der Waals surface area contributed by atoms with Crippen LogP contribution in [0.15, 0.2) is 18.2 Å². The molecule has 3 rings (SSSR count). The maximum Gasteiger partial charge on any atom is 0.123 e. The van der Waals surface area contributed by atoms with Crippen molar-refractivity contribution in [2.75, 3.05) is 13.7 Å². The number of methoxy groups -OCH3 is 1. The maximum atomic E-state index is 5.98. The van der Waals surface area contributed by atoms with Crippen LogP contribution in [0, 0.1) is 6.92 Å². The Labute approximate surface area is 115 Å². The number of fused-ring (bicyclic) bond motifs is 1. The molecule has 0 radical (unpaired) electrons. The average molecular weight is 261 g/mol. The SMILES string of the molecule is COC1CCC(NCC2Cc3cc(C)ccc3O2)C1. The van der Waals surface area contributed by atoms with Crippen molar-refractivity contribution in [1.29, 1.82) is 0 Å². The first-order valence-corrected chi connectivity index (χ1v) is 7.27. The van der Waals surface area contributed by atoms with Gasteiger partial charge in [0.1, 0.15) is 11.9 Å². The third kappa shape index (κ3) is 2.93. The van der Waals surface area contributed by atoms with Gasteiger partial charge in [0.2, 0.25) is 0 Å². The van der Waals surface area contributed by atoms with Crippen molar-refractivity contribution in [3.63, 3.8) is 0 Å². The molecule has 0 bridgehead atoms. The van der Waals surface area contributed by atoms with Crippen molar-refractivity contribution in [3.05, 3.63) is 29.3 Å². The summed E-state index contributed by atoms with van der Waals surface area (Å²) in [6.07, 6.45) is 5.30. The molecule has 1 fully saturated rings. The number of aryl methyl sites for hydroxylation is 1. The minimum Gasteiger partial charge on any atom is -0.488 e. The first kappa shape index (κ1) is 12.9. The second kappa shape index (κ2) is 5.51. The Morgan fingerprint density at radius 1 is 1.37 bits per heavy atom. The highest BCUT2D eigenvalue weighted by molar-refractivity contribution is 5.40. The highest BCUT2D eigenvalue weighted by Gasteiger charge is 2.27. The van der Waals surface area contributed by atoms with E-state index in [0.29, 0.717) is 18.2 Å². The summed E-state index contributed by atoms with van der Waals surface area (Å²) in [5, 5.41) is 3.63. The maximum absolute atomic E-state index is 5.98. The molecule has 1 aliphatic carbocycles. The smallest absolute Gasteiger partial charge is 0.123 e. The summed E-state index contributed by atoms with van der Waals surface area (Å²) >= 11 is 0. The molecule has 1 aromatic carbocycles. The molecule has 1 N–H and O–H groups in total. The largest absolute Gasteiger partial charge is 0.488 e. The highest BCUT2D eigenvalue weighted by atomic mass is 16.5. The standard InChI is InChI=1S/C16H23NO2/c1-11-3-6-16-12(7-11)8-15(19-16)10-17-13-4-5-14(9-13)18-2/h3,6-7,13-15,17H,4-5,8-10H2,1-2H3. The van der Waals surface area contributed by atoms with Gasteiger partial charge in [0, 0.05) is 26.1 Å². The lowest BCUT2D eigenvalue weighted by atomic mass is 10.1.